The molecular weight excluding hydrogens is 266 g/mol. The summed E-state index contributed by atoms with van der Waals surface area (Å²) in [4.78, 5) is 16.3. The van der Waals surface area contributed by atoms with Gasteiger partial charge in [0.2, 0.25) is 0 Å². The molecule has 5 nitrogen and oxygen atoms in total. The summed E-state index contributed by atoms with van der Waals surface area (Å²) in [7, 11) is 0. The Bertz CT molecular complexity index is 636. The minimum Gasteiger partial charge on any atom is -0.491 e. The van der Waals surface area contributed by atoms with Crippen LogP contribution in [0.15, 0.2) is 36.4 Å². The number of nitrogens with two attached hydrogens (primary N) is 1. The Kier molecular flexibility index (Phi) is 4.42. The minimum absolute atomic E-state index is 0.105. The lowest BCUT2D eigenvalue weighted by Gasteiger charge is -2.11. The predicted octanol–water partition coefficient (Wildman–Crippen LogP) is 3.01. The third-order valence-electron chi connectivity index (χ3n) is 2.84. The lowest BCUT2D eigenvalue weighted by molar-refractivity contribution is 0.102. The first-order valence-corrected chi connectivity index (χ1v) is 6.77. The number of aryl methyl sites for hydroxylation is 1. The predicted molar refractivity (Wildman–Crippen MR) is 83.5 cm³/mol. The number of nitrogens with one attached hydrogen (secondary N) is 1. The average molecular weight is 285 g/mol. The van der Waals surface area contributed by atoms with Crippen LogP contribution >= 0.6 is 0 Å². The van der Waals surface area contributed by atoms with Gasteiger partial charge in [-0.15, -0.1) is 0 Å². The van der Waals surface area contributed by atoms with Crippen LogP contribution in [0.1, 0.15) is 29.9 Å². The van der Waals surface area contributed by atoms with E-state index in [0.29, 0.717) is 22.8 Å². The topological polar surface area (TPSA) is 77.2 Å². The number of ether oxygens (including phenoxy) is 1. The van der Waals surface area contributed by atoms with E-state index in [2.05, 4.69) is 10.3 Å². The smallest absolute Gasteiger partial charge is 0.255 e. The Balaban J connectivity index is 2.09. The van der Waals surface area contributed by atoms with Crippen LogP contribution in [0.25, 0.3) is 0 Å². The zero-order valence-corrected chi connectivity index (χ0v) is 12.4. The van der Waals surface area contributed by atoms with Gasteiger partial charge in [-0.25, -0.2) is 4.98 Å². The van der Waals surface area contributed by atoms with Crippen molar-refractivity contribution in [2.75, 3.05) is 11.1 Å². The number of carbonyl (C=O) groups excluding carboxylic acids is 1. The van der Waals surface area contributed by atoms with E-state index >= 15 is 0 Å². The highest BCUT2D eigenvalue weighted by molar-refractivity contribution is 6.04. The number of carbonyl (C=O) groups is 1. The first-order chi connectivity index (χ1) is 9.95. The highest BCUT2D eigenvalue weighted by Crippen LogP contribution is 2.17. The van der Waals surface area contributed by atoms with Crippen molar-refractivity contribution in [1.82, 2.24) is 4.98 Å². The van der Waals surface area contributed by atoms with Gasteiger partial charge in [0, 0.05) is 5.56 Å². The molecule has 0 aliphatic rings. The van der Waals surface area contributed by atoms with Gasteiger partial charge >= 0.3 is 0 Å². The maximum Gasteiger partial charge on any atom is 0.255 e. The zero-order chi connectivity index (χ0) is 15.4. The fourth-order valence-electron chi connectivity index (χ4n) is 1.86. The molecule has 3 N–H and O–H groups in total. The van der Waals surface area contributed by atoms with Gasteiger partial charge in [0.05, 0.1) is 17.5 Å². The Morgan fingerprint density at radius 2 is 1.86 bits per heavy atom. The minimum atomic E-state index is -0.194. The second kappa shape index (κ2) is 6.26. The van der Waals surface area contributed by atoms with Crippen LogP contribution in [0, 0.1) is 6.92 Å². The molecule has 0 bridgehead atoms. The van der Waals surface area contributed by atoms with E-state index in [0.717, 1.165) is 5.75 Å². The number of pyridine rings is 1. The first kappa shape index (κ1) is 14.8. The largest absolute Gasteiger partial charge is 0.491 e. The van der Waals surface area contributed by atoms with Crippen LogP contribution in [0.3, 0.4) is 0 Å². The maximum atomic E-state index is 12.2. The lowest BCUT2D eigenvalue weighted by atomic mass is 10.2. The molecule has 0 saturated heterocycles. The number of rotatable bonds is 4. The van der Waals surface area contributed by atoms with Gasteiger partial charge in [-0.2, -0.15) is 0 Å². The number of nitrogens with zero attached hydrogens (tertiary/aromatic N) is 1. The Hall–Kier alpha value is -2.56. The van der Waals surface area contributed by atoms with E-state index in [1.54, 1.807) is 43.3 Å². The molecule has 0 atom stereocenters. The van der Waals surface area contributed by atoms with E-state index in [9.17, 15) is 4.79 Å². The lowest BCUT2D eigenvalue weighted by Crippen LogP contribution is -2.13. The molecule has 1 heterocycles. The summed E-state index contributed by atoms with van der Waals surface area (Å²) in [5, 5.41) is 2.82. The molecule has 2 rings (SSSR count). The summed E-state index contributed by atoms with van der Waals surface area (Å²) in [5.41, 5.74) is 7.48. The molecule has 0 fully saturated rings. The fraction of sp³-hybridized carbons (Fsp3) is 0.250. The molecule has 0 saturated carbocycles. The van der Waals surface area contributed by atoms with Crippen LogP contribution in [-0.2, 0) is 0 Å². The summed E-state index contributed by atoms with van der Waals surface area (Å²) in [6.07, 6.45) is 0.105. The zero-order valence-electron chi connectivity index (χ0n) is 12.4. The van der Waals surface area contributed by atoms with Crippen molar-refractivity contribution in [1.29, 1.82) is 0 Å². The van der Waals surface area contributed by atoms with Crippen LogP contribution in [0.4, 0.5) is 11.5 Å². The van der Waals surface area contributed by atoms with Crippen molar-refractivity contribution in [3.8, 4) is 5.75 Å². The Morgan fingerprint density at radius 3 is 2.43 bits per heavy atom. The number of benzene rings is 1. The van der Waals surface area contributed by atoms with E-state index in [4.69, 9.17) is 10.5 Å². The number of aromatic nitrogens is 1. The van der Waals surface area contributed by atoms with Crippen LogP contribution in [-0.4, -0.2) is 17.0 Å². The molecule has 0 unspecified atom stereocenters. The quantitative estimate of drug-likeness (QED) is 0.905. The van der Waals surface area contributed by atoms with Gasteiger partial charge in [-0.3, -0.25) is 4.79 Å². The Morgan fingerprint density at radius 1 is 1.19 bits per heavy atom. The normalized spacial score (nSPS) is 10.5. The highest BCUT2D eigenvalue weighted by atomic mass is 16.5. The van der Waals surface area contributed by atoms with Gasteiger partial charge < -0.3 is 15.8 Å². The number of hydrogen-bond acceptors (Lipinski definition) is 4. The monoisotopic (exact) mass is 285 g/mol. The summed E-state index contributed by atoms with van der Waals surface area (Å²) < 4.78 is 5.54. The van der Waals surface area contributed by atoms with Crippen molar-refractivity contribution in [2.24, 2.45) is 0 Å². The van der Waals surface area contributed by atoms with Crippen molar-refractivity contribution >= 4 is 17.4 Å². The molecule has 0 radical (unpaired) electrons. The van der Waals surface area contributed by atoms with Gasteiger partial charge in [0.15, 0.2) is 0 Å². The number of hydrogen-bond donors (Lipinski definition) is 2. The van der Waals surface area contributed by atoms with E-state index < -0.39 is 0 Å². The standard InChI is InChI=1S/C16H19N3O2/c1-10(2)21-13-6-4-12(5-7-13)16(20)19-14-8-9-15(17)18-11(14)3/h4-10H,1-3H3,(H2,17,18)(H,19,20). The van der Waals surface area contributed by atoms with Gasteiger partial charge in [-0.1, -0.05) is 0 Å². The molecule has 21 heavy (non-hydrogen) atoms. The van der Waals surface area contributed by atoms with E-state index in [-0.39, 0.29) is 12.0 Å². The number of anilines is 2. The van der Waals surface area contributed by atoms with Crippen molar-refractivity contribution in [2.45, 2.75) is 26.9 Å². The average Bonchev–Trinajstić information content (AvgIpc) is 2.42. The van der Waals surface area contributed by atoms with E-state index in [1.165, 1.54) is 0 Å². The summed E-state index contributed by atoms with van der Waals surface area (Å²) in [6, 6.07) is 10.4. The van der Waals surface area contributed by atoms with Crippen molar-refractivity contribution < 1.29 is 9.53 Å². The molecule has 5 heteroatoms. The van der Waals surface area contributed by atoms with Crippen molar-refractivity contribution in [3.05, 3.63) is 47.7 Å². The fourth-order valence-corrected chi connectivity index (χ4v) is 1.86. The number of amides is 1. The molecular formula is C16H19N3O2. The third-order valence-corrected chi connectivity index (χ3v) is 2.84. The van der Waals surface area contributed by atoms with Gasteiger partial charge in [-0.05, 0) is 57.2 Å². The van der Waals surface area contributed by atoms with Gasteiger partial charge in [0.1, 0.15) is 11.6 Å². The summed E-state index contributed by atoms with van der Waals surface area (Å²) in [5.74, 6) is 0.980. The number of nitrogen functional groups attached to an aromatic ring is 1. The molecule has 1 aromatic heterocycles. The first-order valence-electron chi connectivity index (χ1n) is 6.77. The Labute approximate surface area is 124 Å². The third kappa shape index (κ3) is 3.95. The molecule has 0 spiro atoms. The second-order valence-corrected chi connectivity index (χ2v) is 5.01. The maximum absolute atomic E-state index is 12.2. The van der Waals surface area contributed by atoms with Crippen LogP contribution < -0.4 is 15.8 Å². The molecule has 2 aromatic rings. The molecule has 0 aliphatic carbocycles. The van der Waals surface area contributed by atoms with Crippen molar-refractivity contribution in [3.63, 3.8) is 0 Å². The molecule has 110 valence electrons. The second-order valence-electron chi connectivity index (χ2n) is 5.01. The van der Waals surface area contributed by atoms with Gasteiger partial charge in [0.25, 0.3) is 5.91 Å². The molecule has 0 aliphatic heterocycles. The molecule has 1 amide bonds. The van der Waals surface area contributed by atoms with Crippen LogP contribution in [0.5, 0.6) is 5.75 Å². The summed E-state index contributed by atoms with van der Waals surface area (Å²) >= 11 is 0. The van der Waals surface area contributed by atoms with E-state index in [1.807, 2.05) is 13.8 Å². The SMILES string of the molecule is Cc1nc(N)ccc1NC(=O)c1ccc(OC(C)C)cc1. The molecule has 1 aromatic carbocycles. The van der Waals surface area contributed by atoms with Crippen LogP contribution in [0.2, 0.25) is 0 Å². The highest BCUT2D eigenvalue weighted by Gasteiger charge is 2.09. The summed E-state index contributed by atoms with van der Waals surface area (Å²) in [6.45, 7) is 5.71.